The van der Waals surface area contributed by atoms with Gasteiger partial charge in [0.2, 0.25) is 0 Å². The van der Waals surface area contributed by atoms with E-state index in [2.05, 4.69) is 101 Å². The fraction of sp³-hybridized carbons (Fsp3) is 0.186. The summed E-state index contributed by atoms with van der Waals surface area (Å²) in [6.45, 7) is 10.6. The van der Waals surface area contributed by atoms with Crippen LogP contribution < -0.4 is 5.19 Å². The van der Waals surface area contributed by atoms with Crippen molar-refractivity contribution < 1.29 is 37.2 Å². The summed E-state index contributed by atoms with van der Waals surface area (Å²) >= 11 is 0. The minimum Gasteiger partial charge on any atom is -0.497 e. The average Bonchev–Trinajstić information content (AvgIpc) is 4.05. The zero-order valence-corrected chi connectivity index (χ0v) is 41.4. The molecule has 0 bridgehead atoms. The molecule has 0 N–H and O–H groups in total. The summed E-state index contributed by atoms with van der Waals surface area (Å²) in [5.41, 5.74) is 10.5. The number of hydrogen-bond acceptors (Lipinski definition) is 4. The molecular weight excluding hydrogens is 1000 g/mol. The Balaban J connectivity index is 0.000000321. The van der Waals surface area contributed by atoms with E-state index in [1.807, 2.05) is 95.7 Å². The molecule has 0 spiro atoms. The average molecular weight is 1060 g/mol. The van der Waals surface area contributed by atoms with Crippen molar-refractivity contribution in [2.24, 2.45) is 0 Å². The maximum absolute atomic E-state index is 8.67. The second-order valence-electron chi connectivity index (χ2n) is 18.4. The van der Waals surface area contributed by atoms with E-state index in [-0.39, 0.29) is 48.7 Å². The first-order chi connectivity index (χ1) is 33.8. The van der Waals surface area contributed by atoms with E-state index < -0.39 is 21.8 Å². The second kappa shape index (κ2) is 17.8. The van der Waals surface area contributed by atoms with Crippen LogP contribution in [0, 0.1) is 25.8 Å². The van der Waals surface area contributed by atoms with Gasteiger partial charge in [0.1, 0.15) is 5.58 Å². The number of para-hydroxylation sites is 2. The fourth-order valence-electron chi connectivity index (χ4n) is 8.91. The van der Waals surface area contributed by atoms with Crippen LogP contribution in [0.1, 0.15) is 70.0 Å². The van der Waals surface area contributed by atoms with Crippen molar-refractivity contribution >= 4 is 68.2 Å². The molecule has 11 aromatic rings. The van der Waals surface area contributed by atoms with Gasteiger partial charge in [0.25, 0.3) is 0 Å². The summed E-state index contributed by atoms with van der Waals surface area (Å²) in [5.74, 6) is 0.441. The minimum atomic E-state index is -2.50. The Labute approximate surface area is 410 Å². The molecule has 4 aromatic heterocycles. The summed E-state index contributed by atoms with van der Waals surface area (Å²) in [6.07, 6.45) is 2.02. The summed E-state index contributed by atoms with van der Waals surface area (Å²) in [4.78, 5) is 9.70. The smallest absolute Gasteiger partial charge is 0.177 e. The van der Waals surface area contributed by atoms with Crippen molar-refractivity contribution in [3.05, 3.63) is 180 Å². The predicted molar refractivity (Wildman–Crippen MR) is 274 cm³/mol. The van der Waals surface area contributed by atoms with Crippen molar-refractivity contribution in [2.45, 2.75) is 72.9 Å². The molecule has 0 saturated carbocycles. The molecule has 7 heteroatoms. The van der Waals surface area contributed by atoms with Gasteiger partial charge in [0.05, 0.1) is 30.5 Å². The van der Waals surface area contributed by atoms with Crippen LogP contribution in [-0.4, -0.2) is 22.6 Å². The first kappa shape index (κ1) is 37.8. The van der Waals surface area contributed by atoms with Crippen molar-refractivity contribution in [3.8, 4) is 39.5 Å². The molecule has 0 fully saturated rings. The number of rotatable bonds is 7. The van der Waals surface area contributed by atoms with Gasteiger partial charge in [0.15, 0.2) is 11.2 Å². The Hall–Kier alpha value is -6.37. The molecule has 5 nitrogen and oxygen atoms in total. The number of pyridine rings is 1. The molecule has 11 rings (SSSR count). The molecule has 0 aliphatic carbocycles. The Kier molecular flexibility index (Phi) is 10.2. The van der Waals surface area contributed by atoms with E-state index in [9.17, 15) is 0 Å². The SMILES string of the molecule is C[Si](C)(C)c1ccc(-c2[c-]cccc2)nc1.[2H]C([2H])([2H])c1c[c-]c(-c2nc3cccc(C([2H])([2H])[2H])c3n2-c2c(C(C)C)cc(-c3ccccc3)cc2C(C)C)c2oc3c(ccc4c5ccccc5oc43)c12.[Ir]. The fourth-order valence-corrected chi connectivity index (χ4v) is 9.94. The molecule has 0 saturated heterocycles. The Morgan fingerprint density at radius 2 is 1.36 bits per heavy atom. The van der Waals surface area contributed by atoms with Gasteiger partial charge in [-0.15, -0.1) is 53.6 Å². The van der Waals surface area contributed by atoms with E-state index in [4.69, 9.17) is 22.0 Å². The maximum atomic E-state index is 8.67. The van der Waals surface area contributed by atoms with Crippen molar-refractivity contribution in [3.63, 3.8) is 0 Å². The second-order valence-corrected chi connectivity index (χ2v) is 23.5. The van der Waals surface area contributed by atoms with Crippen LogP contribution in [0.25, 0.3) is 94.4 Å². The zero-order chi connectivity index (χ0) is 50.1. The molecule has 1 radical (unpaired) electrons. The standard InChI is InChI=1S/C45H37N2O2.C14H16NSi.Ir/c1-25(2)35-23-30(29-14-8-7-9-15-29)24-36(26(3)4)41(35)47-40-28(6)13-12-17-37(40)46-45(47)34-20-19-27(5)39-33-22-21-32-31-16-10-11-18-38(31)48-43(32)44(33)49-42(34)39;1-16(2,3)13-9-10-14(15-11-13)12-7-5-4-6-8-12;/h7-19,21-26H,1-6H3;4-7,9-11H,1-3H3;/q2*-1;/i5D3,6D3;;. The number of fused-ring (bicyclic) bond motifs is 8. The summed E-state index contributed by atoms with van der Waals surface area (Å²) in [6, 6.07) is 51.5. The van der Waals surface area contributed by atoms with Gasteiger partial charge < -0.3 is 18.4 Å². The van der Waals surface area contributed by atoms with Crippen molar-refractivity contribution in [1.82, 2.24) is 14.5 Å². The van der Waals surface area contributed by atoms with E-state index in [1.54, 1.807) is 12.1 Å². The van der Waals surface area contributed by atoms with Crippen LogP contribution in [0.5, 0.6) is 0 Å². The third-order valence-corrected chi connectivity index (χ3v) is 14.3. The van der Waals surface area contributed by atoms with Gasteiger partial charge in [-0.1, -0.05) is 144 Å². The first-order valence-electron chi connectivity index (χ1n) is 25.2. The number of aryl methyl sites for hydroxylation is 2. The first-order valence-corrected chi connectivity index (χ1v) is 25.7. The van der Waals surface area contributed by atoms with Crippen molar-refractivity contribution in [2.75, 3.05) is 0 Å². The van der Waals surface area contributed by atoms with Crippen LogP contribution in [0.3, 0.4) is 0 Å². The molecule has 0 aliphatic heterocycles. The Bertz CT molecular complexity index is 3750. The Morgan fingerprint density at radius 1 is 0.652 bits per heavy atom. The largest absolute Gasteiger partial charge is 0.497 e. The summed E-state index contributed by atoms with van der Waals surface area (Å²) < 4.78 is 66.8. The third-order valence-electron chi connectivity index (χ3n) is 12.3. The van der Waals surface area contributed by atoms with E-state index >= 15 is 0 Å². The normalized spacial score (nSPS) is 13.6. The van der Waals surface area contributed by atoms with Crippen LogP contribution in [-0.2, 0) is 20.1 Å². The van der Waals surface area contributed by atoms with Crippen LogP contribution in [0.2, 0.25) is 19.6 Å². The van der Waals surface area contributed by atoms with Crippen molar-refractivity contribution in [1.29, 1.82) is 0 Å². The van der Waals surface area contributed by atoms with Gasteiger partial charge in [0, 0.05) is 56.4 Å². The molecule has 0 aliphatic rings. The number of imidazole rings is 1. The Morgan fingerprint density at radius 3 is 2.05 bits per heavy atom. The molecule has 66 heavy (non-hydrogen) atoms. The minimum absolute atomic E-state index is 0. The number of nitrogens with zero attached hydrogens (tertiary/aromatic N) is 3. The van der Waals surface area contributed by atoms with Crippen LogP contribution >= 0.6 is 0 Å². The number of aromatic nitrogens is 3. The molecule has 0 unspecified atom stereocenters. The van der Waals surface area contributed by atoms with E-state index in [0.717, 1.165) is 50.0 Å². The number of benzene rings is 7. The maximum Gasteiger partial charge on any atom is 0.177 e. The molecule has 331 valence electrons. The monoisotopic (exact) mass is 1060 g/mol. The van der Waals surface area contributed by atoms with Crippen LogP contribution in [0.15, 0.2) is 155 Å². The number of furan rings is 2. The third kappa shape index (κ3) is 7.93. The van der Waals surface area contributed by atoms with Gasteiger partial charge in [-0.2, -0.15) is 0 Å². The molecule has 0 atom stereocenters. The van der Waals surface area contributed by atoms with Gasteiger partial charge in [-0.05, 0) is 87.7 Å². The molecular formula is C59H53IrN3O2Si-2. The molecule has 4 heterocycles. The topological polar surface area (TPSA) is 57.0 Å². The zero-order valence-electron chi connectivity index (χ0n) is 44.0. The number of hydrogen-bond donors (Lipinski definition) is 0. The van der Waals surface area contributed by atoms with E-state index in [1.165, 1.54) is 11.3 Å². The predicted octanol–water partition coefficient (Wildman–Crippen LogP) is 15.9. The van der Waals surface area contributed by atoms with Gasteiger partial charge in [-0.25, -0.2) is 0 Å². The summed E-state index contributed by atoms with van der Waals surface area (Å²) in [5, 5.41) is 4.16. The van der Waals surface area contributed by atoms with E-state index in [0.29, 0.717) is 49.9 Å². The quantitative estimate of drug-likeness (QED) is 0.118. The van der Waals surface area contributed by atoms with Gasteiger partial charge in [-0.3, -0.25) is 4.98 Å². The molecule has 7 aromatic carbocycles. The van der Waals surface area contributed by atoms with Gasteiger partial charge >= 0.3 is 0 Å². The molecule has 0 amide bonds. The summed E-state index contributed by atoms with van der Waals surface area (Å²) in [7, 11) is -1.23. The van der Waals surface area contributed by atoms with Crippen LogP contribution in [0.4, 0.5) is 0 Å².